The molecule has 0 bridgehead atoms. The molecule has 2 fully saturated rings. The lowest BCUT2D eigenvalue weighted by Gasteiger charge is -2.35. The third-order valence-electron chi connectivity index (χ3n) is 5.03. The monoisotopic (exact) mass is 329 g/mol. The van der Waals surface area contributed by atoms with E-state index in [-0.39, 0.29) is 17.9 Å². The summed E-state index contributed by atoms with van der Waals surface area (Å²) in [5.74, 6) is 0.642. The summed E-state index contributed by atoms with van der Waals surface area (Å²) < 4.78 is 0. The van der Waals surface area contributed by atoms with Crippen molar-refractivity contribution >= 4 is 11.8 Å². The van der Waals surface area contributed by atoms with E-state index >= 15 is 0 Å². The molecule has 2 heterocycles. The lowest BCUT2D eigenvalue weighted by atomic mass is 10.0. The van der Waals surface area contributed by atoms with Gasteiger partial charge in [-0.25, -0.2) is 0 Å². The molecule has 0 unspecified atom stereocenters. The van der Waals surface area contributed by atoms with Crippen LogP contribution in [0.15, 0.2) is 24.3 Å². The van der Waals surface area contributed by atoms with Gasteiger partial charge < -0.3 is 10.2 Å². The largest absolute Gasteiger partial charge is 0.344 e. The molecule has 5 heteroatoms. The van der Waals surface area contributed by atoms with E-state index in [0.717, 1.165) is 32.7 Å². The summed E-state index contributed by atoms with van der Waals surface area (Å²) in [6.45, 7) is 8.61. The molecule has 0 aromatic heterocycles. The molecule has 1 atom stereocenters. The molecule has 5 nitrogen and oxygen atoms in total. The van der Waals surface area contributed by atoms with Crippen LogP contribution in [0.4, 0.5) is 0 Å². The highest BCUT2D eigenvalue weighted by Crippen LogP contribution is 2.17. The minimum absolute atomic E-state index is 0.00293. The number of nitrogens with zero attached hydrogens (tertiary/aromatic N) is 2. The summed E-state index contributed by atoms with van der Waals surface area (Å²) in [5.41, 5.74) is 2.69. The van der Waals surface area contributed by atoms with Gasteiger partial charge in [0.2, 0.25) is 11.8 Å². The zero-order chi connectivity index (χ0) is 17.1. The molecule has 2 aliphatic heterocycles. The second-order valence-electron chi connectivity index (χ2n) is 7.16. The molecule has 0 spiro atoms. The minimum atomic E-state index is -0.298. The molecule has 1 N–H and O–H groups in total. The van der Waals surface area contributed by atoms with E-state index in [1.54, 1.807) is 0 Å². The van der Waals surface area contributed by atoms with Gasteiger partial charge in [0.15, 0.2) is 0 Å². The first-order chi connectivity index (χ1) is 11.5. The van der Waals surface area contributed by atoms with Crippen LogP contribution in [0.25, 0.3) is 0 Å². The van der Waals surface area contributed by atoms with E-state index in [4.69, 9.17) is 0 Å². The smallest absolute Gasteiger partial charge is 0.245 e. The van der Waals surface area contributed by atoms with Gasteiger partial charge in [0.05, 0.1) is 0 Å². The molecule has 1 aromatic carbocycles. The van der Waals surface area contributed by atoms with Gasteiger partial charge in [-0.05, 0) is 23.5 Å². The van der Waals surface area contributed by atoms with Crippen molar-refractivity contribution in [3.05, 3.63) is 35.4 Å². The lowest BCUT2D eigenvalue weighted by molar-refractivity contribution is -0.136. The summed E-state index contributed by atoms with van der Waals surface area (Å²) in [6.07, 6.45) is 1.11. The van der Waals surface area contributed by atoms with Crippen LogP contribution in [-0.2, 0) is 16.1 Å². The molecule has 24 heavy (non-hydrogen) atoms. The van der Waals surface area contributed by atoms with Gasteiger partial charge in [-0.3, -0.25) is 14.5 Å². The van der Waals surface area contributed by atoms with E-state index in [2.05, 4.69) is 48.3 Å². The molecule has 3 rings (SSSR count). The molecule has 0 saturated carbocycles. The van der Waals surface area contributed by atoms with Crippen LogP contribution in [0, 0.1) is 0 Å². The highest BCUT2D eigenvalue weighted by Gasteiger charge is 2.32. The zero-order valence-corrected chi connectivity index (χ0v) is 14.6. The lowest BCUT2D eigenvalue weighted by Crippen LogP contribution is -2.53. The quantitative estimate of drug-likeness (QED) is 0.915. The van der Waals surface area contributed by atoms with Crippen LogP contribution >= 0.6 is 0 Å². The minimum Gasteiger partial charge on any atom is -0.344 e. The third-order valence-corrected chi connectivity index (χ3v) is 5.03. The summed E-state index contributed by atoms with van der Waals surface area (Å²) in [4.78, 5) is 28.0. The zero-order valence-electron chi connectivity index (χ0n) is 14.6. The highest BCUT2D eigenvalue weighted by atomic mass is 16.2. The van der Waals surface area contributed by atoms with Crippen molar-refractivity contribution < 1.29 is 9.59 Å². The predicted octanol–water partition coefficient (Wildman–Crippen LogP) is 1.73. The average Bonchev–Trinajstić information content (AvgIpc) is 3.02. The fourth-order valence-corrected chi connectivity index (χ4v) is 3.41. The number of nitrogens with one attached hydrogen (secondary N) is 1. The van der Waals surface area contributed by atoms with Gasteiger partial charge >= 0.3 is 0 Å². The highest BCUT2D eigenvalue weighted by molar-refractivity contribution is 5.90. The van der Waals surface area contributed by atoms with Crippen molar-refractivity contribution in [3.8, 4) is 0 Å². The predicted molar refractivity (Wildman–Crippen MR) is 93.6 cm³/mol. The van der Waals surface area contributed by atoms with Crippen LogP contribution in [0.2, 0.25) is 0 Å². The molecule has 1 aromatic rings. The second-order valence-corrected chi connectivity index (χ2v) is 7.16. The fraction of sp³-hybridized carbons (Fsp3) is 0.579. The summed E-state index contributed by atoms with van der Waals surface area (Å²) >= 11 is 0. The number of hydrogen-bond donors (Lipinski definition) is 1. The molecule has 0 radical (unpaired) electrons. The molecule has 130 valence electrons. The molecule has 2 amide bonds. The number of hydrogen-bond acceptors (Lipinski definition) is 3. The van der Waals surface area contributed by atoms with Crippen molar-refractivity contribution in [2.45, 2.75) is 45.2 Å². The first-order valence-electron chi connectivity index (χ1n) is 8.92. The van der Waals surface area contributed by atoms with Crippen LogP contribution in [0.5, 0.6) is 0 Å². The van der Waals surface area contributed by atoms with Crippen molar-refractivity contribution in [2.24, 2.45) is 0 Å². The number of benzene rings is 1. The third kappa shape index (κ3) is 3.96. The number of amides is 2. The average molecular weight is 329 g/mol. The van der Waals surface area contributed by atoms with E-state index in [1.807, 2.05) is 4.90 Å². The Labute approximate surface area is 144 Å². The summed E-state index contributed by atoms with van der Waals surface area (Å²) in [7, 11) is 0. The molecule has 0 aliphatic carbocycles. The fourth-order valence-electron chi connectivity index (χ4n) is 3.41. The van der Waals surface area contributed by atoms with Crippen LogP contribution in [0.3, 0.4) is 0 Å². The van der Waals surface area contributed by atoms with Crippen molar-refractivity contribution in [3.63, 3.8) is 0 Å². The maximum atomic E-state index is 12.4. The van der Waals surface area contributed by atoms with E-state index in [0.29, 0.717) is 18.8 Å². The Morgan fingerprint density at radius 3 is 2.38 bits per heavy atom. The number of rotatable bonds is 4. The number of piperazine rings is 1. The number of carbonyl (C=O) groups excluding carboxylic acids is 2. The maximum Gasteiger partial charge on any atom is 0.245 e. The van der Waals surface area contributed by atoms with Gasteiger partial charge in [0, 0.05) is 39.1 Å². The van der Waals surface area contributed by atoms with Gasteiger partial charge in [0.1, 0.15) is 6.04 Å². The second kappa shape index (κ2) is 7.34. The van der Waals surface area contributed by atoms with Crippen LogP contribution < -0.4 is 5.32 Å². The normalized spacial score (nSPS) is 22.0. The summed E-state index contributed by atoms with van der Waals surface area (Å²) in [6, 6.07) is 8.54. The Morgan fingerprint density at radius 2 is 1.83 bits per heavy atom. The summed E-state index contributed by atoms with van der Waals surface area (Å²) in [5, 5.41) is 2.77. The van der Waals surface area contributed by atoms with E-state index < -0.39 is 0 Å². The molecule has 2 saturated heterocycles. The maximum absolute atomic E-state index is 12.4. The van der Waals surface area contributed by atoms with Crippen molar-refractivity contribution in [1.82, 2.24) is 15.1 Å². The standard InChI is InChI=1S/C19H27N3O2/c1-14(2)16-5-3-15(4-6-16)13-21-9-11-22(12-10-21)19(24)17-7-8-18(23)20-17/h3-6,14,17H,7-13H2,1-2H3,(H,20,23)/t17-/m0/s1. The topological polar surface area (TPSA) is 52.7 Å². The first-order valence-corrected chi connectivity index (χ1v) is 8.92. The Balaban J connectivity index is 1.48. The molecule has 2 aliphatic rings. The van der Waals surface area contributed by atoms with Crippen LogP contribution in [0.1, 0.15) is 43.7 Å². The SMILES string of the molecule is CC(C)c1ccc(CN2CCN(C(=O)[C@@H]3CCC(=O)N3)CC2)cc1. The van der Waals surface area contributed by atoms with Crippen LogP contribution in [-0.4, -0.2) is 53.8 Å². The van der Waals surface area contributed by atoms with Gasteiger partial charge in [-0.2, -0.15) is 0 Å². The van der Waals surface area contributed by atoms with E-state index in [9.17, 15) is 9.59 Å². The molecular formula is C19H27N3O2. The Bertz CT molecular complexity index is 589. The van der Waals surface area contributed by atoms with Crippen molar-refractivity contribution in [2.75, 3.05) is 26.2 Å². The van der Waals surface area contributed by atoms with Gasteiger partial charge in [-0.15, -0.1) is 0 Å². The van der Waals surface area contributed by atoms with Gasteiger partial charge in [0.25, 0.3) is 0 Å². The van der Waals surface area contributed by atoms with Crippen molar-refractivity contribution in [1.29, 1.82) is 0 Å². The molecular weight excluding hydrogens is 302 g/mol. The van der Waals surface area contributed by atoms with E-state index in [1.165, 1.54) is 11.1 Å². The van der Waals surface area contributed by atoms with Gasteiger partial charge in [-0.1, -0.05) is 38.1 Å². The Kier molecular flexibility index (Phi) is 5.19. The Hall–Kier alpha value is -1.88. The first kappa shape index (κ1) is 17.0. The number of carbonyl (C=O) groups is 2. The Morgan fingerprint density at radius 1 is 1.17 bits per heavy atom.